The first-order valence-corrected chi connectivity index (χ1v) is 16.0. The zero-order chi connectivity index (χ0) is 25.4. The normalized spacial score (nSPS) is 19.1. The van der Waals surface area contributed by atoms with Crippen LogP contribution >= 0.6 is 11.6 Å². The average molecular weight is 523 g/mol. The predicted octanol–water partition coefficient (Wildman–Crippen LogP) is 4.61. The molecular formula is C24H32ClFN4O4Si. The number of piperidine rings is 1. The number of pyridine rings is 1. The molecule has 0 radical (unpaired) electrons. The highest BCUT2D eigenvalue weighted by Crippen LogP contribution is 2.50. The van der Waals surface area contributed by atoms with Crippen LogP contribution in [0.2, 0.25) is 30.8 Å². The number of rotatable bonds is 8. The van der Waals surface area contributed by atoms with Gasteiger partial charge in [-0.1, -0.05) is 31.2 Å². The highest BCUT2D eigenvalue weighted by atomic mass is 35.5. The Labute approximate surface area is 210 Å². The van der Waals surface area contributed by atoms with E-state index in [9.17, 15) is 14.0 Å². The third-order valence-corrected chi connectivity index (χ3v) is 8.72. The molecule has 0 aromatic carbocycles. The SMILES string of the molecule is COC(=O)C1CCN(C(=O)c2cc(-c3cc(Cl)ncc3F)n(COCC[Si](C)(C)C)n2)C2(CC2)C1. The number of esters is 1. The summed E-state index contributed by atoms with van der Waals surface area (Å²) in [6, 6.07) is 3.98. The Kier molecular flexibility index (Phi) is 7.35. The number of carbonyl (C=O) groups is 2. The van der Waals surface area contributed by atoms with E-state index >= 15 is 0 Å². The number of hydrogen-bond donors (Lipinski definition) is 0. The smallest absolute Gasteiger partial charge is 0.308 e. The molecule has 1 amide bonds. The zero-order valence-electron chi connectivity index (χ0n) is 20.6. The van der Waals surface area contributed by atoms with E-state index in [1.54, 1.807) is 6.07 Å². The number of nitrogens with zero attached hydrogens (tertiary/aromatic N) is 4. The van der Waals surface area contributed by atoms with Crippen molar-refractivity contribution in [2.24, 2.45) is 5.92 Å². The van der Waals surface area contributed by atoms with Crippen LogP contribution < -0.4 is 0 Å². The lowest BCUT2D eigenvalue weighted by Crippen LogP contribution is -2.49. The molecule has 2 aliphatic rings. The fourth-order valence-electron chi connectivity index (χ4n) is 4.61. The lowest BCUT2D eigenvalue weighted by atomic mass is 9.88. The molecule has 35 heavy (non-hydrogen) atoms. The number of hydrogen-bond acceptors (Lipinski definition) is 6. The molecule has 8 nitrogen and oxygen atoms in total. The predicted molar refractivity (Wildman–Crippen MR) is 132 cm³/mol. The Morgan fingerprint density at radius 1 is 1.29 bits per heavy atom. The van der Waals surface area contributed by atoms with Gasteiger partial charge in [0.1, 0.15) is 11.9 Å². The maximum absolute atomic E-state index is 14.7. The van der Waals surface area contributed by atoms with Crippen molar-refractivity contribution in [3.05, 3.63) is 35.0 Å². The molecule has 1 saturated heterocycles. The van der Waals surface area contributed by atoms with Gasteiger partial charge in [-0.05, 0) is 43.9 Å². The Bertz CT molecular complexity index is 1120. The van der Waals surface area contributed by atoms with Gasteiger partial charge in [0.15, 0.2) is 11.5 Å². The van der Waals surface area contributed by atoms with Crippen molar-refractivity contribution < 1.29 is 23.5 Å². The largest absolute Gasteiger partial charge is 0.469 e. The number of aromatic nitrogens is 3. The zero-order valence-corrected chi connectivity index (χ0v) is 22.4. The summed E-state index contributed by atoms with van der Waals surface area (Å²) in [4.78, 5) is 31.3. The van der Waals surface area contributed by atoms with E-state index < -0.39 is 13.9 Å². The van der Waals surface area contributed by atoms with E-state index in [0.717, 1.165) is 25.1 Å². The fraction of sp³-hybridized carbons (Fsp3) is 0.583. The molecule has 2 aromatic heterocycles. The first-order chi connectivity index (χ1) is 16.5. The second-order valence-electron chi connectivity index (χ2n) is 10.6. The summed E-state index contributed by atoms with van der Waals surface area (Å²) in [5.41, 5.74) is 0.481. The molecule has 2 aromatic rings. The summed E-state index contributed by atoms with van der Waals surface area (Å²) in [6.45, 7) is 7.88. The van der Waals surface area contributed by atoms with Crippen molar-refractivity contribution in [1.29, 1.82) is 0 Å². The maximum Gasteiger partial charge on any atom is 0.308 e. The van der Waals surface area contributed by atoms with Crippen LogP contribution in [-0.4, -0.2) is 65.4 Å². The first kappa shape index (κ1) is 25.8. The van der Waals surface area contributed by atoms with E-state index in [1.807, 2.05) is 4.90 Å². The maximum atomic E-state index is 14.7. The molecule has 3 heterocycles. The first-order valence-electron chi connectivity index (χ1n) is 11.9. The van der Waals surface area contributed by atoms with E-state index in [0.29, 0.717) is 31.7 Å². The van der Waals surface area contributed by atoms with Gasteiger partial charge < -0.3 is 14.4 Å². The molecule has 11 heteroatoms. The minimum atomic E-state index is -1.28. The molecule has 1 atom stereocenters. The lowest BCUT2D eigenvalue weighted by molar-refractivity contribution is -0.147. The second-order valence-corrected chi connectivity index (χ2v) is 16.7. The Morgan fingerprint density at radius 3 is 2.69 bits per heavy atom. The molecule has 1 spiro atoms. The standard InChI is InChI=1S/C24H32ClFN4O4Si/c1-33-23(32)16-5-8-29(24(13-16)6-7-24)22(31)19-12-20(17-11-21(25)27-14-18(17)26)30(28-19)15-34-9-10-35(2,3)4/h11-12,14,16H,5-10,13,15H2,1-4H3. The van der Waals surface area contributed by atoms with Crippen LogP contribution in [0.25, 0.3) is 11.3 Å². The van der Waals surface area contributed by atoms with Crippen LogP contribution in [-0.2, 0) is 21.0 Å². The molecule has 0 N–H and O–H groups in total. The minimum absolute atomic E-state index is 0.0854. The van der Waals surface area contributed by atoms with Gasteiger partial charge in [-0.2, -0.15) is 5.10 Å². The van der Waals surface area contributed by atoms with Crippen LogP contribution in [0.15, 0.2) is 18.3 Å². The summed E-state index contributed by atoms with van der Waals surface area (Å²) in [7, 11) is 0.108. The fourth-order valence-corrected chi connectivity index (χ4v) is 5.52. The molecule has 2 fully saturated rings. The molecule has 1 unspecified atom stereocenters. The van der Waals surface area contributed by atoms with E-state index in [4.69, 9.17) is 21.1 Å². The summed E-state index contributed by atoms with van der Waals surface area (Å²) in [5, 5.41) is 4.66. The number of amides is 1. The highest BCUT2D eigenvalue weighted by molar-refractivity contribution is 6.76. The monoisotopic (exact) mass is 522 g/mol. The van der Waals surface area contributed by atoms with Crippen molar-refractivity contribution in [1.82, 2.24) is 19.7 Å². The van der Waals surface area contributed by atoms with Crippen LogP contribution in [0.5, 0.6) is 0 Å². The third-order valence-electron chi connectivity index (χ3n) is 6.81. The van der Waals surface area contributed by atoms with Crippen molar-refractivity contribution in [2.75, 3.05) is 20.3 Å². The minimum Gasteiger partial charge on any atom is -0.469 e. The molecule has 4 rings (SSSR count). The quantitative estimate of drug-likeness (QED) is 0.218. The van der Waals surface area contributed by atoms with Gasteiger partial charge in [0, 0.05) is 32.3 Å². The van der Waals surface area contributed by atoms with Crippen LogP contribution in [0.1, 0.15) is 36.2 Å². The van der Waals surface area contributed by atoms with Gasteiger partial charge in [-0.25, -0.2) is 14.1 Å². The van der Waals surface area contributed by atoms with Gasteiger partial charge in [0.2, 0.25) is 0 Å². The summed E-state index contributed by atoms with van der Waals surface area (Å²) >= 11 is 6.04. The topological polar surface area (TPSA) is 86.6 Å². The van der Waals surface area contributed by atoms with Crippen molar-refractivity contribution >= 4 is 31.6 Å². The molecule has 0 bridgehead atoms. The molecule has 1 aliphatic heterocycles. The van der Waals surface area contributed by atoms with E-state index in [1.165, 1.54) is 17.9 Å². The summed E-state index contributed by atoms with van der Waals surface area (Å²) in [6.07, 6.45) is 3.87. The van der Waals surface area contributed by atoms with Crippen molar-refractivity contribution in [3.63, 3.8) is 0 Å². The van der Waals surface area contributed by atoms with Crippen molar-refractivity contribution in [2.45, 2.75) is 63.6 Å². The highest BCUT2D eigenvalue weighted by Gasteiger charge is 2.55. The average Bonchev–Trinajstić information content (AvgIpc) is 3.43. The van der Waals surface area contributed by atoms with Crippen LogP contribution in [0.3, 0.4) is 0 Å². The van der Waals surface area contributed by atoms with Gasteiger partial charge in [0.25, 0.3) is 5.91 Å². The Morgan fingerprint density at radius 2 is 2.03 bits per heavy atom. The Hall–Kier alpha value is -2.30. The van der Waals surface area contributed by atoms with Gasteiger partial charge >= 0.3 is 5.97 Å². The number of methoxy groups -OCH3 is 1. The Balaban J connectivity index is 1.59. The summed E-state index contributed by atoms with van der Waals surface area (Å²) in [5.74, 6) is -1.22. The van der Waals surface area contributed by atoms with E-state index in [-0.39, 0.29) is 46.5 Å². The molecular weight excluding hydrogens is 491 g/mol. The number of ether oxygens (including phenoxy) is 2. The van der Waals surface area contributed by atoms with Gasteiger partial charge in [0.05, 0.1) is 24.9 Å². The van der Waals surface area contributed by atoms with Crippen LogP contribution in [0, 0.1) is 11.7 Å². The molecule has 1 aliphatic carbocycles. The number of carbonyl (C=O) groups excluding carboxylic acids is 2. The van der Waals surface area contributed by atoms with Crippen molar-refractivity contribution in [3.8, 4) is 11.3 Å². The number of halogens is 2. The summed E-state index contributed by atoms with van der Waals surface area (Å²) < 4.78 is 27.0. The molecule has 1 saturated carbocycles. The molecule has 190 valence electrons. The number of likely N-dealkylation sites (tertiary alicyclic amines) is 1. The van der Waals surface area contributed by atoms with Gasteiger partial charge in [-0.3, -0.25) is 9.59 Å². The van der Waals surface area contributed by atoms with E-state index in [2.05, 4.69) is 29.7 Å². The lowest BCUT2D eigenvalue weighted by Gasteiger charge is -2.38. The van der Waals surface area contributed by atoms with Crippen LogP contribution in [0.4, 0.5) is 4.39 Å². The second kappa shape index (κ2) is 9.98. The third kappa shape index (κ3) is 5.75. The van der Waals surface area contributed by atoms with Gasteiger partial charge in [-0.15, -0.1) is 0 Å².